The van der Waals surface area contributed by atoms with Crippen LogP contribution in [0, 0.1) is 12.8 Å². The van der Waals surface area contributed by atoms with E-state index in [-0.39, 0.29) is 19.1 Å². The molecule has 0 aliphatic rings. The fourth-order valence-corrected chi connectivity index (χ4v) is 2.70. The minimum Gasteiger partial charge on any atom is -0.484 e. The van der Waals surface area contributed by atoms with Crippen LogP contribution in [-0.4, -0.2) is 27.8 Å². The van der Waals surface area contributed by atoms with E-state index in [4.69, 9.17) is 26.0 Å². The Bertz CT molecular complexity index is 918. The van der Waals surface area contributed by atoms with E-state index in [2.05, 4.69) is 15.5 Å². The van der Waals surface area contributed by atoms with Crippen molar-refractivity contribution in [3.63, 3.8) is 0 Å². The Balaban J connectivity index is 1.70. The summed E-state index contributed by atoms with van der Waals surface area (Å²) in [4.78, 5) is 15.0. The highest BCUT2D eigenvalue weighted by Crippen LogP contribution is 2.31. The maximum atomic E-state index is 11.8. The first kappa shape index (κ1) is 18.3. The molecule has 0 radical (unpaired) electrons. The number of fused-ring (bicyclic) bond motifs is 1. The summed E-state index contributed by atoms with van der Waals surface area (Å²) in [6.07, 6.45) is 0. The van der Waals surface area contributed by atoms with Gasteiger partial charge in [-0.15, -0.1) is 0 Å². The molecule has 0 saturated heterocycles. The van der Waals surface area contributed by atoms with Crippen LogP contribution in [0.2, 0.25) is 5.02 Å². The summed E-state index contributed by atoms with van der Waals surface area (Å²) in [7, 11) is 0. The zero-order chi connectivity index (χ0) is 18.7. The van der Waals surface area contributed by atoms with Crippen LogP contribution in [0.25, 0.3) is 10.9 Å². The van der Waals surface area contributed by atoms with Gasteiger partial charge >= 0.3 is 0 Å². The van der Waals surface area contributed by atoms with E-state index >= 15 is 0 Å². The minimum atomic E-state index is -0.437. The average molecular weight is 378 g/mol. The van der Waals surface area contributed by atoms with Gasteiger partial charge in [-0.25, -0.2) is 0 Å². The van der Waals surface area contributed by atoms with Gasteiger partial charge in [0.05, 0.1) is 29.8 Å². The van der Waals surface area contributed by atoms with Gasteiger partial charge in [0, 0.05) is 28.7 Å². The summed E-state index contributed by atoms with van der Waals surface area (Å²) in [6.45, 7) is 3.89. The number of aromatic amines is 1. The number of benzene rings is 1. The topological polar surface area (TPSA) is 100 Å². The van der Waals surface area contributed by atoms with Crippen molar-refractivity contribution in [1.29, 1.82) is 0 Å². The van der Waals surface area contributed by atoms with E-state index in [1.165, 1.54) is 0 Å². The molecular weight excluding hydrogens is 358 g/mol. The number of H-pyrrole nitrogens is 1. The average Bonchev–Trinajstić information content (AvgIpc) is 3.22. The van der Waals surface area contributed by atoms with E-state index in [0.717, 1.165) is 22.3 Å². The van der Waals surface area contributed by atoms with Crippen molar-refractivity contribution in [1.82, 2.24) is 15.5 Å². The summed E-state index contributed by atoms with van der Waals surface area (Å²) in [5, 5.41) is 17.0. The Morgan fingerprint density at radius 3 is 2.92 bits per heavy atom. The zero-order valence-corrected chi connectivity index (χ0v) is 15.3. The number of aliphatic hydroxyl groups excluding tert-OH is 1. The largest absolute Gasteiger partial charge is 0.484 e. The van der Waals surface area contributed by atoms with Crippen LogP contribution < -0.4 is 10.1 Å². The smallest absolute Gasteiger partial charge is 0.225 e. The maximum absolute atomic E-state index is 11.8. The molecule has 3 rings (SSSR count). The number of rotatable bonds is 7. The number of carbonyl (C=O) groups excluding carboxylic acids is 1. The third-order valence-electron chi connectivity index (χ3n) is 3.95. The second-order valence-corrected chi connectivity index (χ2v) is 6.60. The lowest BCUT2D eigenvalue weighted by molar-refractivity contribution is -0.125. The van der Waals surface area contributed by atoms with Crippen LogP contribution in [0.1, 0.15) is 24.1 Å². The lowest BCUT2D eigenvalue weighted by atomic mass is 10.2. The number of nitrogens with zero attached hydrogens (tertiary/aromatic N) is 1. The third kappa shape index (κ3) is 4.17. The van der Waals surface area contributed by atoms with Gasteiger partial charge in [-0.2, -0.15) is 0 Å². The molecule has 0 spiro atoms. The van der Waals surface area contributed by atoms with Crippen molar-refractivity contribution >= 4 is 28.4 Å². The summed E-state index contributed by atoms with van der Waals surface area (Å²) in [6, 6.07) is 7.32. The van der Waals surface area contributed by atoms with Crippen LogP contribution in [0.4, 0.5) is 0 Å². The van der Waals surface area contributed by atoms with Crippen molar-refractivity contribution in [3.8, 4) is 5.75 Å². The van der Waals surface area contributed by atoms with Crippen LogP contribution in [0.15, 0.2) is 28.8 Å². The van der Waals surface area contributed by atoms with Crippen molar-refractivity contribution in [2.45, 2.75) is 27.0 Å². The molecule has 0 bridgehead atoms. The predicted molar refractivity (Wildman–Crippen MR) is 97.0 cm³/mol. The summed E-state index contributed by atoms with van der Waals surface area (Å²) < 4.78 is 10.8. The summed E-state index contributed by atoms with van der Waals surface area (Å²) >= 11 is 6.29. The van der Waals surface area contributed by atoms with Gasteiger partial charge in [-0.1, -0.05) is 23.7 Å². The molecule has 138 valence electrons. The second-order valence-electron chi connectivity index (χ2n) is 6.19. The molecule has 1 atom stereocenters. The first-order valence-electron chi connectivity index (χ1n) is 8.21. The molecule has 3 aromatic rings. The molecule has 7 nitrogen and oxygen atoms in total. The van der Waals surface area contributed by atoms with Gasteiger partial charge in [0.2, 0.25) is 5.91 Å². The zero-order valence-electron chi connectivity index (χ0n) is 14.5. The molecule has 3 N–H and O–H groups in total. The highest BCUT2D eigenvalue weighted by molar-refractivity contribution is 6.32. The Morgan fingerprint density at radius 2 is 2.23 bits per heavy atom. The lowest BCUT2D eigenvalue weighted by Gasteiger charge is -2.08. The molecule has 0 aliphatic heterocycles. The number of aromatic nitrogens is 2. The van der Waals surface area contributed by atoms with Gasteiger partial charge in [0.1, 0.15) is 12.4 Å². The number of aryl methyl sites for hydroxylation is 1. The first-order valence-corrected chi connectivity index (χ1v) is 8.58. The number of halogens is 1. The fraction of sp³-hybridized carbons (Fsp3) is 0.333. The second kappa shape index (κ2) is 7.80. The number of nitrogens with one attached hydrogen (secondary N) is 2. The van der Waals surface area contributed by atoms with Crippen molar-refractivity contribution in [2.24, 2.45) is 5.92 Å². The van der Waals surface area contributed by atoms with Gasteiger partial charge < -0.3 is 24.7 Å². The molecule has 2 heterocycles. The standard InChI is InChI=1S/C18H20ClN3O4/c1-10(8-23)18(24)20-7-13-4-12-5-15(19)17(6-16(12)21-13)25-9-14-3-11(2)22-26-14/h3-6,10,21,23H,7-9H2,1-2H3,(H,20,24)/t10-/m1/s1. The van der Waals surface area contributed by atoms with E-state index in [1.54, 1.807) is 19.1 Å². The highest BCUT2D eigenvalue weighted by Gasteiger charge is 2.13. The minimum absolute atomic E-state index is 0.181. The Morgan fingerprint density at radius 1 is 1.42 bits per heavy atom. The predicted octanol–water partition coefficient (Wildman–Crippen LogP) is 2.94. The Kier molecular flexibility index (Phi) is 5.49. The summed E-state index contributed by atoms with van der Waals surface area (Å²) in [5.41, 5.74) is 2.46. The fourth-order valence-electron chi connectivity index (χ4n) is 2.47. The quantitative estimate of drug-likeness (QED) is 0.587. The lowest BCUT2D eigenvalue weighted by Crippen LogP contribution is -2.30. The van der Waals surface area contributed by atoms with Crippen molar-refractivity contribution in [3.05, 3.63) is 46.4 Å². The van der Waals surface area contributed by atoms with Gasteiger partial charge in [-0.05, 0) is 19.1 Å². The monoisotopic (exact) mass is 377 g/mol. The van der Waals surface area contributed by atoms with E-state index in [0.29, 0.717) is 23.1 Å². The number of amides is 1. The summed E-state index contributed by atoms with van der Waals surface area (Å²) in [5.74, 6) is 0.509. The molecule has 8 heteroatoms. The number of aliphatic hydroxyl groups is 1. The van der Waals surface area contributed by atoms with Crippen molar-refractivity contribution < 1.29 is 19.2 Å². The Labute approximate surface area is 155 Å². The molecule has 0 unspecified atom stereocenters. The molecular formula is C18H20ClN3O4. The molecule has 0 saturated carbocycles. The van der Waals surface area contributed by atoms with Crippen molar-refractivity contribution in [2.75, 3.05) is 6.61 Å². The molecule has 26 heavy (non-hydrogen) atoms. The number of carbonyl (C=O) groups is 1. The number of hydrogen-bond acceptors (Lipinski definition) is 5. The molecule has 1 amide bonds. The maximum Gasteiger partial charge on any atom is 0.225 e. The van der Waals surface area contributed by atoms with Gasteiger partial charge in [-0.3, -0.25) is 4.79 Å². The van der Waals surface area contributed by atoms with Crippen LogP contribution >= 0.6 is 11.6 Å². The molecule has 0 aliphatic carbocycles. The first-order chi connectivity index (χ1) is 12.5. The van der Waals surface area contributed by atoms with Gasteiger partial charge in [0.15, 0.2) is 5.76 Å². The van der Waals surface area contributed by atoms with E-state index in [1.807, 2.05) is 19.1 Å². The van der Waals surface area contributed by atoms with Gasteiger partial charge in [0.25, 0.3) is 0 Å². The highest BCUT2D eigenvalue weighted by atomic mass is 35.5. The van der Waals surface area contributed by atoms with E-state index in [9.17, 15) is 4.79 Å². The molecule has 0 fully saturated rings. The molecule has 2 aromatic heterocycles. The number of ether oxygens (including phenoxy) is 1. The van der Waals surface area contributed by atoms with Crippen LogP contribution in [0.3, 0.4) is 0 Å². The van der Waals surface area contributed by atoms with Crippen LogP contribution in [0.5, 0.6) is 5.75 Å². The normalized spacial score (nSPS) is 12.3. The molecule has 1 aromatic carbocycles. The number of hydrogen-bond donors (Lipinski definition) is 3. The Hall–Kier alpha value is -2.51. The van der Waals surface area contributed by atoms with E-state index < -0.39 is 5.92 Å². The SMILES string of the molecule is Cc1cc(COc2cc3[nH]c(CNC(=O)[C@H](C)CO)cc3cc2Cl)on1. The third-order valence-corrected chi connectivity index (χ3v) is 4.25. The van der Waals surface area contributed by atoms with Crippen LogP contribution in [-0.2, 0) is 17.9 Å².